The molecular weight excluding hydrogens is 250 g/mol. The fourth-order valence-electron chi connectivity index (χ4n) is 1.81. The molecule has 0 aliphatic rings. The van der Waals surface area contributed by atoms with E-state index in [0.29, 0.717) is 0 Å². The molecule has 0 aromatic heterocycles. The SMILES string of the molecule is CCC(=Cc1ccc(OC)cc1OC)CNC(C)(C)C. The van der Waals surface area contributed by atoms with E-state index >= 15 is 0 Å². The minimum atomic E-state index is 0.123. The largest absolute Gasteiger partial charge is 0.497 e. The average Bonchev–Trinajstić information content (AvgIpc) is 2.42. The second-order valence-corrected chi connectivity index (χ2v) is 5.87. The highest BCUT2D eigenvalue weighted by molar-refractivity contribution is 5.61. The first-order valence-corrected chi connectivity index (χ1v) is 7.06. The second-order valence-electron chi connectivity index (χ2n) is 5.87. The molecular formula is C17H27NO2. The van der Waals surface area contributed by atoms with Crippen molar-refractivity contribution >= 4 is 6.08 Å². The fraction of sp³-hybridized carbons (Fsp3) is 0.529. The van der Waals surface area contributed by atoms with Gasteiger partial charge in [0.25, 0.3) is 0 Å². The van der Waals surface area contributed by atoms with Gasteiger partial charge in [-0.05, 0) is 39.3 Å². The zero-order valence-corrected chi connectivity index (χ0v) is 13.5. The van der Waals surface area contributed by atoms with E-state index in [1.165, 1.54) is 5.57 Å². The summed E-state index contributed by atoms with van der Waals surface area (Å²) in [4.78, 5) is 0. The molecule has 0 aliphatic carbocycles. The molecule has 1 aromatic rings. The van der Waals surface area contributed by atoms with Crippen LogP contribution < -0.4 is 14.8 Å². The predicted octanol–water partition coefficient (Wildman–Crippen LogP) is 3.89. The van der Waals surface area contributed by atoms with E-state index in [1.54, 1.807) is 14.2 Å². The van der Waals surface area contributed by atoms with Crippen molar-refractivity contribution in [1.29, 1.82) is 0 Å². The van der Waals surface area contributed by atoms with E-state index in [-0.39, 0.29) is 5.54 Å². The number of hydrogen-bond acceptors (Lipinski definition) is 3. The summed E-state index contributed by atoms with van der Waals surface area (Å²) >= 11 is 0. The smallest absolute Gasteiger partial charge is 0.129 e. The molecule has 0 aliphatic heterocycles. The molecule has 0 unspecified atom stereocenters. The molecule has 0 spiro atoms. The Bertz CT molecular complexity index is 459. The molecule has 0 heterocycles. The summed E-state index contributed by atoms with van der Waals surface area (Å²) in [6.45, 7) is 9.58. The Labute approximate surface area is 123 Å². The molecule has 1 aromatic carbocycles. The van der Waals surface area contributed by atoms with Crippen molar-refractivity contribution in [3.63, 3.8) is 0 Å². The molecule has 20 heavy (non-hydrogen) atoms. The van der Waals surface area contributed by atoms with Crippen LogP contribution in [-0.4, -0.2) is 26.3 Å². The number of methoxy groups -OCH3 is 2. The van der Waals surface area contributed by atoms with E-state index in [1.807, 2.05) is 18.2 Å². The zero-order chi connectivity index (χ0) is 15.2. The van der Waals surface area contributed by atoms with E-state index < -0.39 is 0 Å². The van der Waals surface area contributed by atoms with Gasteiger partial charge in [-0.1, -0.05) is 18.6 Å². The van der Waals surface area contributed by atoms with E-state index in [4.69, 9.17) is 9.47 Å². The van der Waals surface area contributed by atoms with Crippen LogP contribution in [0.3, 0.4) is 0 Å². The van der Waals surface area contributed by atoms with Crippen molar-refractivity contribution in [2.45, 2.75) is 39.7 Å². The van der Waals surface area contributed by atoms with Crippen molar-refractivity contribution in [3.05, 3.63) is 29.3 Å². The van der Waals surface area contributed by atoms with Crippen LogP contribution in [0.15, 0.2) is 23.8 Å². The van der Waals surface area contributed by atoms with Crippen molar-refractivity contribution in [2.24, 2.45) is 0 Å². The molecule has 3 heteroatoms. The van der Waals surface area contributed by atoms with Gasteiger partial charge in [0.05, 0.1) is 14.2 Å². The molecule has 0 amide bonds. The van der Waals surface area contributed by atoms with Crippen LogP contribution in [0.25, 0.3) is 6.08 Å². The highest BCUT2D eigenvalue weighted by atomic mass is 16.5. The average molecular weight is 277 g/mol. The maximum atomic E-state index is 5.43. The summed E-state index contributed by atoms with van der Waals surface area (Å²) in [6.07, 6.45) is 3.20. The maximum absolute atomic E-state index is 5.43. The van der Waals surface area contributed by atoms with Crippen molar-refractivity contribution in [3.8, 4) is 11.5 Å². The summed E-state index contributed by atoms with van der Waals surface area (Å²) in [7, 11) is 3.35. The molecule has 1 rings (SSSR count). The number of nitrogens with one attached hydrogen (secondary N) is 1. The summed E-state index contributed by atoms with van der Waals surface area (Å²) in [5, 5.41) is 3.52. The second kappa shape index (κ2) is 7.34. The number of hydrogen-bond donors (Lipinski definition) is 1. The van der Waals surface area contributed by atoms with Gasteiger partial charge in [0.2, 0.25) is 0 Å². The maximum Gasteiger partial charge on any atom is 0.129 e. The van der Waals surface area contributed by atoms with Gasteiger partial charge >= 0.3 is 0 Å². The van der Waals surface area contributed by atoms with Gasteiger partial charge < -0.3 is 14.8 Å². The molecule has 1 N–H and O–H groups in total. The van der Waals surface area contributed by atoms with Crippen LogP contribution in [0.5, 0.6) is 11.5 Å². The Morgan fingerprint density at radius 1 is 1.20 bits per heavy atom. The van der Waals surface area contributed by atoms with E-state index in [9.17, 15) is 0 Å². The summed E-state index contributed by atoms with van der Waals surface area (Å²) in [6, 6.07) is 5.90. The third-order valence-corrected chi connectivity index (χ3v) is 3.10. The lowest BCUT2D eigenvalue weighted by Crippen LogP contribution is -2.36. The number of ether oxygens (including phenoxy) is 2. The predicted molar refractivity (Wildman–Crippen MR) is 85.6 cm³/mol. The lowest BCUT2D eigenvalue weighted by molar-refractivity contribution is 0.393. The fourth-order valence-corrected chi connectivity index (χ4v) is 1.81. The normalized spacial score (nSPS) is 12.4. The lowest BCUT2D eigenvalue weighted by Gasteiger charge is -2.21. The van der Waals surface area contributed by atoms with Gasteiger partial charge in [-0.25, -0.2) is 0 Å². The van der Waals surface area contributed by atoms with Crippen LogP contribution >= 0.6 is 0 Å². The topological polar surface area (TPSA) is 30.5 Å². The Morgan fingerprint density at radius 2 is 1.90 bits per heavy atom. The highest BCUT2D eigenvalue weighted by Crippen LogP contribution is 2.26. The first kappa shape index (κ1) is 16.6. The summed E-state index contributed by atoms with van der Waals surface area (Å²) < 4.78 is 10.7. The standard InChI is InChI=1S/C17H27NO2/c1-7-13(12-18-17(2,3)4)10-14-8-9-15(19-5)11-16(14)20-6/h8-11,18H,7,12H2,1-6H3. The monoisotopic (exact) mass is 277 g/mol. The molecule has 0 saturated heterocycles. The van der Waals surface area contributed by atoms with Crippen molar-refractivity contribution < 1.29 is 9.47 Å². The Balaban J connectivity index is 2.94. The lowest BCUT2D eigenvalue weighted by atomic mass is 10.0. The van der Waals surface area contributed by atoms with E-state index in [0.717, 1.165) is 30.0 Å². The van der Waals surface area contributed by atoms with Gasteiger partial charge in [0.15, 0.2) is 0 Å². The van der Waals surface area contributed by atoms with Crippen LogP contribution in [0.4, 0.5) is 0 Å². The Hall–Kier alpha value is -1.48. The summed E-state index contributed by atoms with van der Waals surface area (Å²) in [5.41, 5.74) is 2.56. The Kier molecular flexibility index (Phi) is 6.08. The van der Waals surface area contributed by atoms with E-state index in [2.05, 4.69) is 39.1 Å². The van der Waals surface area contributed by atoms with Gasteiger partial charge in [-0.15, -0.1) is 0 Å². The third-order valence-electron chi connectivity index (χ3n) is 3.10. The van der Waals surface area contributed by atoms with Gasteiger partial charge in [0.1, 0.15) is 11.5 Å². The van der Waals surface area contributed by atoms with Crippen LogP contribution in [0.1, 0.15) is 39.7 Å². The third kappa shape index (κ3) is 5.25. The van der Waals surface area contributed by atoms with Crippen molar-refractivity contribution in [2.75, 3.05) is 20.8 Å². The van der Waals surface area contributed by atoms with Gasteiger partial charge in [0, 0.05) is 23.7 Å². The molecule has 0 saturated carbocycles. The molecule has 112 valence electrons. The van der Waals surface area contributed by atoms with Crippen LogP contribution in [0, 0.1) is 0 Å². The number of rotatable bonds is 6. The minimum absolute atomic E-state index is 0.123. The highest BCUT2D eigenvalue weighted by Gasteiger charge is 2.10. The minimum Gasteiger partial charge on any atom is -0.497 e. The van der Waals surface area contributed by atoms with Gasteiger partial charge in [-0.2, -0.15) is 0 Å². The molecule has 0 atom stereocenters. The Morgan fingerprint density at radius 3 is 2.40 bits per heavy atom. The van der Waals surface area contributed by atoms with Crippen molar-refractivity contribution in [1.82, 2.24) is 5.32 Å². The molecule has 0 radical (unpaired) electrons. The number of benzene rings is 1. The molecule has 0 bridgehead atoms. The van der Waals surface area contributed by atoms with Gasteiger partial charge in [-0.3, -0.25) is 0 Å². The van der Waals surface area contributed by atoms with Crippen LogP contribution in [-0.2, 0) is 0 Å². The first-order chi connectivity index (χ1) is 9.39. The quantitative estimate of drug-likeness (QED) is 0.856. The molecule has 3 nitrogen and oxygen atoms in total. The zero-order valence-electron chi connectivity index (χ0n) is 13.5. The molecule has 0 fully saturated rings. The van der Waals surface area contributed by atoms with Crippen LogP contribution in [0.2, 0.25) is 0 Å². The first-order valence-electron chi connectivity index (χ1n) is 7.06. The summed E-state index contributed by atoms with van der Waals surface area (Å²) in [5.74, 6) is 1.65.